The van der Waals surface area contributed by atoms with Gasteiger partial charge in [0, 0.05) is 17.6 Å². The van der Waals surface area contributed by atoms with E-state index in [9.17, 15) is 9.90 Å². The predicted molar refractivity (Wildman–Crippen MR) is 83.7 cm³/mol. The summed E-state index contributed by atoms with van der Waals surface area (Å²) in [5, 5.41) is 10.4. The monoisotopic (exact) mass is 307 g/mol. The van der Waals surface area contributed by atoms with Crippen molar-refractivity contribution in [2.75, 3.05) is 13.1 Å². The first-order chi connectivity index (χ1) is 10.1. The fourth-order valence-corrected chi connectivity index (χ4v) is 4.27. The molecule has 114 valence electrons. The number of aliphatic carboxylic acids is 1. The van der Waals surface area contributed by atoms with Gasteiger partial charge in [-0.15, -0.1) is 0 Å². The van der Waals surface area contributed by atoms with Crippen LogP contribution in [0.15, 0.2) is 18.2 Å². The Morgan fingerprint density at radius 3 is 3.05 bits per heavy atom. The minimum atomic E-state index is -0.624. The van der Waals surface area contributed by atoms with E-state index < -0.39 is 11.4 Å². The van der Waals surface area contributed by atoms with Crippen molar-refractivity contribution in [2.45, 2.75) is 45.1 Å². The molecule has 4 heteroatoms. The normalized spacial score (nSPS) is 28.8. The molecule has 1 aromatic rings. The van der Waals surface area contributed by atoms with Gasteiger partial charge in [0.05, 0.1) is 5.41 Å². The summed E-state index contributed by atoms with van der Waals surface area (Å²) in [7, 11) is 0. The quantitative estimate of drug-likeness (QED) is 0.917. The molecular formula is C17H22ClNO2. The van der Waals surface area contributed by atoms with Crippen LogP contribution in [0.2, 0.25) is 5.02 Å². The third-order valence-corrected chi connectivity index (χ3v) is 5.39. The van der Waals surface area contributed by atoms with Gasteiger partial charge in [0.1, 0.15) is 0 Å². The smallest absolute Gasteiger partial charge is 0.310 e. The molecule has 3 rings (SSSR count). The highest BCUT2D eigenvalue weighted by Gasteiger charge is 2.46. The number of nitrogens with zero attached hydrogens (tertiary/aromatic N) is 1. The van der Waals surface area contributed by atoms with Crippen LogP contribution >= 0.6 is 11.6 Å². The van der Waals surface area contributed by atoms with Crippen molar-refractivity contribution >= 4 is 17.6 Å². The second kappa shape index (κ2) is 5.62. The molecule has 1 heterocycles. The van der Waals surface area contributed by atoms with E-state index in [4.69, 9.17) is 11.6 Å². The number of carboxylic acid groups (broad SMARTS) is 1. The first-order valence-corrected chi connectivity index (χ1v) is 8.19. The first kappa shape index (κ1) is 14.9. The van der Waals surface area contributed by atoms with Gasteiger partial charge in [0.2, 0.25) is 0 Å². The van der Waals surface area contributed by atoms with Crippen molar-refractivity contribution in [2.24, 2.45) is 5.41 Å². The zero-order chi connectivity index (χ0) is 15.0. The molecule has 1 N–H and O–H groups in total. The van der Waals surface area contributed by atoms with Crippen LogP contribution in [-0.2, 0) is 11.2 Å². The van der Waals surface area contributed by atoms with Crippen molar-refractivity contribution < 1.29 is 9.90 Å². The molecule has 0 spiro atoms. The number of hydrogen-bond acceptors (Lipinski definition) is 2. The Labute approximate surface area is 130 Å². The number of likely N-dealkylation sites (tertiary alicyclic amines) is 1. The minimum Gasteiger partial charge on any atom is -0.481 e. The lowest BCUT2D eigenvalue weighted by Gasteiger charge is -2.28. The van der Waals surface area contributed by atoms with Gasteiger partial charge in [-0.25, -0.2) is 0 Å². The van der Waals surface area contributed by atoms with Crippen LogP contribution in [0, 0.1) is 5.41 Å². The summed E-state index contributed by atoms with van der Waals surface area (Å²) in [6, 6.07) is 6.50. The standard InChI is InChI=1S/C17H22ClNO2/c1-2-7-17(16(20)21)8-9-19(11-17)15-6-3-12-10-13(18)4-5-14(12)15/h4-5,10,15H,2-3,6-9,11H2,1H3,(H,20,21). The summed E-state index contributed by atoms with van der Waals surface area (Å²) in [5.41, 5.74) is 2.14. The van der Waals surface area contributed by atoms with Crippen molar-refractivity contribution in [3.05, 3.63) is 34.3 Å². The van der Waals surface area contributed by atoms with Crippen LogP contribution in [0.25, 0.3) is 0 Å². The molecule has 2 aliphatic rings. The van der Waals surface area contributed by atoms with E-state index in [1.54, 1.807) is 0 Å². The molecule has 1 aliphatic carbocycles. The SMILES string of the molecule is CCCC1(C(=O)O)CCN(C2CCc3cc(Cl)ccc32)C1. The molecule has 1 fully saturated rings. The molecular weight excluding hydrogens is 286 g/mol. The van der Waals surface area contributed by atoms with Gasteiger partial charge in [-0.3, -0.25) is 9.69 Å². The number of fused-ring (bicyclic) bond motifs is 1. The molecule has 0 amide bonds. The molecule has 0 bridgehead atoms. The lowest BCUT2D eigenvalue weighted by molar-refractivity contribution is -0.148. The van der Waals surface area contributed by atoms with Crippen LogP contribution in [0.3, 0.4) is 0 Å². The first-order valence-electron chi connectivity index (χ1n) is 7.81. The molecule has 2 unspecified atom stereocenters. The van der Waals surface area contributed by atoms with Crippen molar-refractivity contribution in [3.8, 4) is 0 Å². The van der Waals surface area contributed by atoms with Crippen molar-refractivity contribution in [1.29, 1.82) is 0 Å². The zero-order valence-corrected chi connectivity index (χ0v) is 13.2. The van der Waals surface area contributed by atoms with Crippen LogP contribution in [-0.4, -0.2) is 29.1 Å². The van der Waals surface area contributed by atoms with E-state index in [0.717, 1.165) is 43.7 Å². The Hall–Kier alpha value is -1.06. The maximum Gasteiger partial charge on any atom is 0.310 e. The lowest BCUT2D eigenvalue weighted by Crippen LogP contribution is -2.35. The van der Waals surface area contributed by atoms with Crippen LogP contribution < -0.4 is 0 Å². The highest BCUT2D eigenvalue weighted by atomic mass is 35.5. The second-order valence-corrected chi connectivity index (χ2v) is 6.89. The average Bonchev–Trinajstić information content (AvgIpc) is 3.03. The van der Waals surface area contributed by atoms with Gasteiger partial charge in [0.15, 0.2) is 0 Å². The Bertz CT molecular complexity index is 560. The molecule has 1 aliphatic heterocycles. The van der Waals surface area contributed by atoms with Crippen molar-refractivity contribution in [1.82, 2.24) is 4.90 Å². The lowest BCUT2D eigenvalue weighted by atomic mass is 9.82. The zero-order valence-electron chi connectivity index (χ0n) is 12.4. The number of rotatable bonds is 4. The molecule has 2 atom stereocenters. The summed E-state index contributed by atoms with van der Waals surface area (Å²) in [4.78, 5) is 14.1. The topological polar surface area (TPSA) is 40.5 Å². The van der Waals surface area contributed by atoms with E-state index >= 15 is 0 Å². The number of hydrogen-bond donors (Lipinski definition) is 1. The molecule has 1 aromatic carbocycles. The minimum absolute atomic E-state index is 0.371. The fraction of sp³-hybridized carbons (Fsp3) is 0.588. The molecule has 0 radical (unpaired) electrons. The Kier molecular flexibility index (Phi) is 3.98. The highest BCUT2D eigenvalue weighted by molar-refractivity contribution is 6.30. The van der Waals surface area contributed by atoms with Crippen LogP contribution in [0.5, 0.6) is 0 Å². The summed E-state index contributed by atoms with van der Waals surface area (Å²) in [6.45, 7) is 3.64. The number of benzene rings is 1. The largest absolute Gasteiger partial charge is 0.481 e. The number of halogens is 1. The molecule has 21 heavy (non-hydrogen) atoms. The number of carboxylic acids is 1. The van der Waals surface area contributed by atoms with E-state index in [-0.39, 0.29) is 0 Å². The van der Waals surface area contributed by atoms with Crippen LogP contribution in [0.1, 0.15) is 49.8 Å². The summed E-state index contributed by atoms with van der Waals surface area (Å²) >= 11 is 6.07. The Morgan fingerprint density at radius 1 is 1.52 bits per heavy atom. The van der Waals surface area contributed by atoms with E-state index in [1.165, 1.54) is 11.1 Å². The second-order valence-electron chi connectivity index (χ2n) is 6.45. The number of aryl methyl sites for hydroxylation is 1. The molecule has 3 nitrogen and oxygen atoms in total. The fourth-order valence-electron chi connectivity index (χ4n) is 4.08. The summed E-state index contributed by atoms with van der Waals surface area (Å²) < 4.78 is 0. The van der Waals surface area contributed by atoms with E-state index in [1.807, 2.05) is 6.07 Å². The average molecular weight is 308 g/mol. The van der Waals surface area contributed by atoms with Gasteiger partial charge in [-0.05, 0) is 55.5 Å². The third-order valence-electron chi connectivity index (χ3n) is 5.16. The van der Waals surface area contributed by atoms with Crippen LogP contribution in [0.4, 0.5) is 0 Å². The Balaban J connectivity index is 1.80. The third kappa shape index (κ3) is 2.58. The summed E-state index contributed by atoms with van der Waals surface area (Å²) in [6.07, 6.45) is 4.61. The van der Waals surface area contributed by atoms with Gasteiger partial charge < -0.3 is 5.11 Å². The van der Waals surface area contributed by atoms with Gasteiger partial charge in [-0.1, -0.05) is 31.0 Å². The maximum atomic E-state index is 11.7. The van der Waals surface area contributed by atoms with E-state index in [0.29, 0.717) is 12.6 Å². The molecule has 0 aromatic heterocycles. The Morgan fingerprint density at radius 2 is 2.33 bits per heavy atom. The molecule has 1 saturated heterocycles. The predicted octanol–water partition coefficient (Wildman–Crippen LogP) is 3.90. The van der Waals surface area contributed by atoms with Gasteiger partial charge in [0.25, 0.3) is 0 Å². The highest BCUT2D eigenvalue weighted by Crippen LogP contribution is 2.44. The number of carbonyl (C=O) groups is 1. The molecule has 0 saturated carbocycles. The van der Waals surface area contributed by atoms with Gasteiger partial charge in [-0.2, -0.15) is 0 Å². The summed E-state index contributed by atoms with van der Waals surface area (Å²) in [5.74, 6) is -0.624. The van der Waals surface area contributed by atoms with E-state index in [2.05, 4.69) is 24.0 Å². The van der Waals surface area contributed by atoms with Crippen molar-refractivity contribution in [3.63, 3.8) is 0 Å². The maximum absolute atomic E-state index is 11.7. The van der Waals surface area contributed by atoms with Gasteiger partial charge >= 0.3 is 5.97 Å².